The molecule has 1 aliphatic heterocycles. The molecule has 1 heterocycles. The van der Waals surface area contributed by atoms with Crippen molar-refractivity contribution in [2.75, 3.05) is 12.4 Å². The van der Waals surface area contributed by atoms with Crippen molar-refractivity contribution in [3.05, 3.63) is 77.4 Å². The van der Waals surface area contributed by atoms with Crippen molar-refractivity contribution >= 4 is 11.7 Å². The van der Waals surface area contributed by atoms with Gasteiger partial charge in [-0.15, -0.1) is 0 Å². The van der Waals surface area contributed by atoms with Crippen LogP contribution in [0.1, 0.15) is 39.9 Å². The van der Waals surface area contributed by atoms with Gasteiger partial charge in [-0.3, -0.25) is 0 Å². The lowest BCUT2D eigenvalue weighted by Crippen LogP contribution is -2.29. The number of anilines is 1. The van der Waals surface area contributed by atoms with E-state index in [4.69, 9.17) is 4.74 Å². The molecule has 0 radical (unpaired) electrons. The van der Waals surface area contributed by atoms with Gasteiger partial charge in [0.15, 0.2) is 0 Å². The van der Waals surface area contributed by atoms with E-state index in [-0.39, 0.29) is 5.97 Å². The van der Waals surface area contributed by atoms with Gasteiger partial charge in [0.25, 0.3) is 0 Å². The second-order valence-corrected chi connectivity index (χ2v) is 6.18. The Bertz CT molecular complexity index is 766. The van der Waals surface area contributed by atoms with Crippen LogP contribution in [0.3, 0.4) is 0 Å². The highest BCUT2D eigenvalue weighted by molar-refractivity contribution is 5.90. The van der Waals surface area contributed by atoms with Gasteiger partial charge in [-0.25, -0.2) is 4.79 Å². The standard InChI is InChI=1S/C20H19NO2/c1-23-20(22)14-10-11-18-17(12-14)15-8-5-9-16(15)19(21-18)13-6-3-2-4-7-13/h2-8,10-12,15-16,19,21H,9H2,1H3. The van der Waals surface area contributed by atoms with Gasteiger partial charge in [-0.1, -0.05) is 42.5 Å². The molecule has 3 nitrogen and oxygen atoms in total. The fraction of sp³-hybridized carbons (Fsp3) is 0.250. The van der Waals surface area contributed by atoms with E-state index in [1.165, 1.54) is 18.2 Å². The topological polar surface area (TPSA) is 38.3 Å². The van der Waals surface area contributed by atoms with Crippen LogP contribution in [-0.2, 0) is 4.74 Å². The molecule has 0 saturated heterocycles. The average molecular weight is 305 g/mol. The highest BCUT2D eigenvalue weighted by atomic mass is 16.5. The zero-order chi connectivity index (χ0) is 15.8. The maximum absolute atomic E-state index is 11.8. The number of benzene rings is 2. The Morgan fingerprint density at radius 1 is 1.17 bits per heavy atom. The van der Waals surface area contributed by atoms with Gasteiger partial charge in [0.1, 0.15) is 0 Å². The van der Waals surface area contributed by atoms with Gasteiger partial charge in [-0.05, 0) is 41.7 Å². The lowest BCUT2D eigenvalue weighted by molar-refractivity contribution is 0.0600. The number of methoxy groups -OCH3 is 1. The fourth-order valence-corrected chi connectivity index (χ4v) is 3.83. The molecule has 0 saturated carbocycles. The smallest absolute Gasteiger partial charge is 0.337 e. The summed E-state index contributed by atoms with van der Waals surface area (Å²) in [5.74, 6) is 0.551. The summed E-state index contributed by atoms with van der Waals surface area (Å²) in [7, 11) is 1.42. The van der Waals surface area contributed by atoms with E-state index in [1.54, 1.807) is 0 Å². The molecule has 3 atom stereocenters. The molecular formula is C20H19NO2. The fourth-order valence-electron chi connectivity index (χ4n) is 3.83. The predicted molar refractivity (Wildman–Crippen MR) is 90.6 cm³/mol. The van der Waals surface area contributed by atoms with Crippen molar-refractivity contribution in [1.29, 1.82) is 0 Å². The van der Waals surface area contributed by atoms with Crippen molar-refractivity contribution in [2.24, 2.45) is 5.92 Å². The third kappa shape index (κ3) is 2.33. The van der Waals surface area contributed by atoms with E-state index in [0.717, 1.165) is 12.1 Å². The molecule has 4 rings (SSSR count). The maximum atomic E-state index is 11.8. The number of allylic oxidation sites excluding steroid dienone is 2. The van der Waals surface area contributed by atoms with Crippen molar-refractivity contribution in [3.63, 3.8) is 0 Å². The molecule has 0 aromatic heterocycles. The SMILES string of the molecule is COC(=O)c1ccc2c(c1)C1C=CCC1C(c1ccccc1)N2. The van der Waals surface area contributed by atoms with E-state index >= 15 is 0 Å². The molecule has 1 N–H and O–H groups in total. The first kappa shape index (κ1) is 14.1. The summed E-state index contributed by atoms with van der Waals surface area (Å²) in [5, 5.41) is 3.68. The molecule has 0 fully saturated rings. The maximum Gasteiger partial charge on any atom is 0.337 e. The number of fused-ring (bicyclic) bond motifs is 3. The van der Waals surface area contributed by atoms with E-state index in [2.05, 4.69) is 41.7 Å². The Kier molecular flexibility index (Phi) is 3.41. The largest absolute Gasteiger partial charge is 0.465 e. The van der Waals surface area contributed by atoms with Crippen LogP contribution in [0.15, 0.2) is 60.7 Å². The average Bonchev–Trinajstić information content (AvgIpc) is 3.10. The zero-order valence-corrected chi connectivity index (χ0v) is 13.0. The van der Waals surface area contributed by atoms with Crippen LogP contribution < -0.4 is 5.32 Å². The monoisotopic (exact) mass is 305 g/mol. The molecule has 0 bridgehead atoms. The molecular weight excluding hydrogens is 286 g/mol. The van der Waals surface area contributed by atoms with Gasteiger partial charge in [-0.2, -0.15) is 0 Å². The first-order valence-electron chi connectivity index (χ1n) is 7.98. The molecule has 0 amide bonds. The van der Waals surface area contributed by atoms with Crippen LogP contribution in [0.4, 0.5) is 5.69 Å². The van der Waals surface area contributed by atoms with E-state index in [1.807, 2.05) is 24.3 Å². The minimum absolute atomic E-state index is 0.281. The first-order chi connectivity index (χ1) is 11.3. The second-order valence-electron chi connectivity index (χ2n) is 6.18. The predicted octanol–water partition coefficient (Wildman–Crippen LogP) is 4.30. The van der Waals surface area contributed by atoms with Crippen molar-refractivity contribution < 1.29 is 9.53 Å². The number of nitrogens with one attached hydrogen (secondary N) is 1. The lowest BCUT2D eigenvalue weighted by Gasteiger charge is -2.37. The molecule has 3 heteroatoms. The third-order valence-corrected chi connectivity index (χ3v) is 4.94. The van der Waals surface area contributed by atoms with Crippen LogP contribution in [0.2, 0.25) is 0 Å². The summed E-state index contributed by atoms with van der Waals surface area (Å²) in [5.41, 5.74) is 4.23. The minimum Gasteiger partial charge on any atom is -0.465 e. The number of hydrogen-bond acceptors (Lipinski definition) is 3. The summed E-state index contributed by atoms with van der Waals surface area (Å²) >= 11 is 0. The van der Waals surface area contributed by atoms with E-state index in [0.29, 0.717) is 23.4 Å². The van der Waals surface area contributed by atoms with Crippen LogP contribution in [0, 0.1) is 5.92 Å². The highest BCUT2D eigenvalue weighted by Crippen LogP contribution is 2.49. The molecule has 1 aliphatic carbocycles. The van der Waals surface area contributed by atoms with Gasteiger partial charge in [0.05, 0.1) is 18.7 Å². The van der Waals surface area contributed by atoms with Crippen LogP contribution >= 0.6 is 0 Å². The Balaban J connectivity index is 1.76. The molecule has 23 heavy (non-hydrogen) atoms. The van der Waals surface area contributed by atoms with Gasteiger partial charge in [0, 0.05) is 11.6 Å². The van der Waals surface area contributed by atoms with Crippen molar-refractivity contribution in [1.82, 2.24) is 0 Å². The number of ether oxygens (including phenoxy) is 1. The lowest BCUT2D eigenvalue weighted by atomic mass is 9.76. The second kappa shape index (κ2) is 5.58. The zero-order valence-electron chi connectivity index (χ0n) is 13.0. The van der Waals surface area contributed by atoms with Crippen molar-refractivity contribution in [2.45, 2.75) is 18.4 Å². The third-order valence-electron chi connectivity index (χ3n) is 4.94. The number of carbonyl (C=O) groups is 1. The van der Waals surface area contributed by atoms with Crippen molar-refractivity contribution in [3.8, 4) is 0 Å². The quantitative estimate of drug-likeness (QED) is 0.664. The summed E-state index contributed by atoms with van der Waals surface area (Å²) in [6.07, 6.45) is 5.59. The Morgan fingerprint density at radius 2 is 2.00 bits per heavy atom. The number of rotatable bonds is 2. The Hall–Kier alpha value is -2.55. The number of carbonyl (C=O) groups excluding carboxylic acids is 1. The normalized spacial score (nSPS) is 24.5. The summed E-state index contributed by atoms with van der Waals surface area (Å²) in [4.78, 5) is 11.8. The molecule has 2 aliphatic rings. The highest BCUT2D eigenvalue weighted by Gasteiger charge is 2.38. The Labute approximate surface area is 136 Å². The molecule has 0 spiro atoms. The number of esters is 1. The number of hydrogen-bond donors (Lipinski definition) is 1. The van der Waals surface area contributed by atoms with E-state index in [9.17, 15) is 4.79 Å². The summed E-state index contributed by atoms with van der Waals surface area (Å²) in [6.45, 7) is 0. The van der Waals surface area contributed by atoms with Gasteiger partial charge < -0.3 is 10.1 Å². The van der Waals surface area contributed by atoms with Gasteiger partial charge in [0.2, 0.25) is 0 Å². The van der Waals surface area contributed by atoms with Gasteiger partial charge >= 0.3 is 5.97 Å². The molecule has 2 aromatic rings. The van der Waals surface area contributed by atoms with E-state index < -0.39 is 0 Å². The summed E-state index contributed by atoms with van der Waals surface area (Å²) in [6, 6.07) is 16.7. The molecule has 2 aromatic carbocycles. The van der Waals surface area contributed by atoms with Crippen LogP contribution in [0.25, 0.3) is 0 Å². The minimum atomic E-state index is -0.281. The van der Waals surface area contributed by atoms with Crippen LogP contribution in [-0.4, -0.2) is 13.1 Å². The first-order valence-corrected chi connectivity index (χ1v) is 7.98. The Morgan fingerprint density at radius 3 is 2.78 bits per heavy atom. The summed E-state index contributed by atoms with van der Waals surface area (Å²) < 4.78 is 4.85. The molecule has 3 unspecified atom stereocenters. The van der Waals surface area contributed by atoms with Crippen LogP contribution in [0.5, 0.6) is 0 Å². The molecule has 116 valence electrons.